The van der Waals surface area contributed by atoms with Gasteiger partial charge in [-0.3, -0.25) is 4.79 Å². The lowest BCUT2D eigenvalue weighted by Gasteiger charge is -2.33. The van der Waals surface area contributed by atoms with Crippen molar-refractivity contribution in [1.82, 2.24) is 9.88 Å². The molecule has 0 unspecified atom stereocenters. The second-order valence-electron chi connectivity index (χ2n) is 7.26. The highest BCUT2D eigenvalue weighted by Gasteiger charge is 2.31. The zero-order valence-electron chi connectivity index (χ0n) is 15.2. The first-order valence-electron chi connectivity index (χ1n) is 9.44. The van der Waals surface area contributed by atoms with Crippen molar-refractivity contribution >= 4 is 17.2 Å². The van der Waals surface area contributed by atoms with Gasteiger partial charge in [-0.1, -0.05) is 29.8 Å². The zero-order valence-corrected chi connectivity index (χ0v) is 16.1. The van der Waals surface area contributed by atoms with Crippen LogP contribution in [-0.2, 0) is 16.1 Å². The molecule has 2 aliphatic rings. The van der Waals surface area contributed by atoms with E-state index in [0.717, 1.165) is 62.9 Å². The third kappa shape index (κ3) is 3.98. The number of piperazine rings is 1. The number of aryl methyl sites for hydroxylation is 1. The van der Waals surface area contributed by atoms with Crippen LogP contribution in [0, 0.1) is 6.92 Å². The van der Waals surface area contributed by atoms with Gasteiger partial charge in [0.2, 0.25) is 0 Å². The molecule has 5 nitrogen and oxygen atoms in total. The zero-order chi connectivity index (χ0) is 17.9. The summed E-state index contributed by atoms with van der Waals surface area (Å²) in [5, 5.41) is 3.26. The Balaban J connectivity index is 1.30. The Hall–Kier alpha value is -1.76. The first kappa shape index (κ1) is 17.6. The molecule has 3 heterocycles. The normalized spacial score (nSPS) is 21.3. The highest BCUT2D eigenvalue weighted by Crippen LogP contribution is 2.23. The van der Waals surface area contributed by atoms with E-state index in [2.05, 4.69) is 36.6 Å². The number of amides is 1. The molecular weight excluding hydrogens is 346 g/mol. The molecule has 0 radical (unpaired) electrons. The molecule has 138 valence electrons. The minimum atomic E-state index is -0.188. The molecule has 26 heavy (non-hydrogen) atoms. The fraction of sp³-hybridized carbons (Fsp3) is 0.500. The molecule has 1 atom stereocenters. The largest absolute Gasteiger partial charge is 0.368 e. The van der Waals surface area contributed by atoms with E-state index in [4.69, 9.17) is 9.72 Å². The van der Waals surface area contributed by atoms with Crippen LogP contribution in [0.2, 0.25) is 0 Å². The molecule has 1 aromatic heterocycles. The SMILES string of the molecule is Cc1ccc(-c2nc(C[NH+]3CCN(C(=O)[C@H]4CCCO4)CC3)cs2)cc1. The van der Waals surface area contributed by atoms with Gasteiger partial charge in [-0.25, -0.2) is 4.98 Å². The summed E-state index contributed by atoms with van der Waals surface area (Å²) in [6.45, 7) is 7.38. The van der Waals surface area contributed by atoms with Crippen molar-refractivity contribution in [3.8, 4) is 10.6 Å². The Labute approximate surface area is 158 Å². The van der Waals surface area contributed by atoms with Crippen molar-refractivity contribution in [2.45, 2.75) is 32.4 Å². The van der Waals surface area contributed by atoms with Gasteiger partial charge in [-0.2, -0.15) is 0 Å². The number of quaternary nitrogens is 1. The number of thiazole rings is 1. The van der Waals surface area contributed by atoms with E-state index in [1.54, 1.807) is 11.3 Å². The van der Waals surface area contributed by atoms with Gasteiger partial charge in [0.25, 0.3) is 5.91 Å². The Morgan fingerprint density at radius 1 is 1.31 bits per heavy atom. The molecule has 0 bridgehead atoms. The van der Waals surface area contributed by atoms with Crippen LogP contribution in [0.15, 0.2) is 29.6 Å². The number of hydrogen-bond donors (Lipinski definition) is 1. The van der Waals surface area contributed by atoms with E-state index in [1.165, 1.54) is 16.0 Å². The fourth-order valence-electron chi connectivity index (χ4n) is 3.67. The van der Waals surface area contributed by atoms with E-state index in [-0.39, 0.29) is 12.0 Å². The topological polar surface area (TPSA) is 46.9 Å². The van der Waals surface area contributed by atoms with Crippen LogP contribution >= 0.6 is 11.3 Å². The summed E-state index contributed by atoms with van der Waals surface area (Å²) in [7, 11) is 0. The van der Waals surface area contributed by atoms with Crippen molar-refractivity contribution in [3.05, 3.63) is 40.9 Å². The molecule has 0 saturated carbocycles. The predicted molar refractivity (Wildman–Crippen MR) is 102 cm³/mol. The monoisotopic (exact) mass is 372 g/mol. The molecule has 2 fully saturated rings. The van der Waals surface area contributed by atoms with Gasteiger partial charge >= 0.3 is 0 Å². The minimum Gasteiger partial charge on any atom is -0.368 e. The number of benzene rings is 1. The minimum absolute atomic E-state index is 0.188. The van der Waals surface area contributed by atoms with Crippen LogP contribution in [0.25, 0.3) is 10.6 Å². The van der Waals surface area contributed by atoms with Gasteiger partial charge in [0.05, 0.1) is 26.2 Å². The van der Waals surface area contributed by atoms with Gasteiger partial charge in [0, 0.05) is 17.6 Å². The van der Waals surface area contributed by atoms with Crippen molar-refractivity contribution in [1.29, 1.82) is 0 Å². The molecule has 2 aliphatic heterocycles. The summed E-state index contributed by atoms with van der Waals surface area (Å²) in [6, 6.07) is 8.54. The number of aromatic nitrogens is 1. The Bertz CT molecular complexity index is 745. The van der Waals surface area contributed by atoms with Gasteiger partial charge in [0.1, 0.15) is 23.4 Å². The fourth-order valence-corrected chi connectivity index (χ4v) is 4.50. The number of rotatable bonds is 4. The smallest absolute Gasteiger partial charge is 0.252 e. The molecule has 1 amide bonds. The van der Waals surface area contributed by atoms with E-state index < -0.39 is 0 Å². The lowest BCUT2D eigenvalue weighted by atomic mass is 10.2. The van der Waals surface area contributed by atoms with Crippen LogP contribution in [0.1, 0.15) is 24.1 Å². The number of hydrogen-bond acceptors (Lipinski definition) is 4. The molecule has 1 aromatic carbocycles. The third-order valence-electron chi connectivity index (χ3n) is 5.27. The molecule has 0 aliphatic carbocycles. The van der Waals surface area contributed by atoms with Crippen molar-refractivity contribution in [3.63, 3.8) is 0 Å². The van der Waals surface area contributed by atoms with Crippen LogP contribution in [0.3, 0.4) is 0 Å². The second-order valence-corrected chi connectivity index (χ2v) is 8.12. The third-order valence-corrected chi connectivity index (χ3v) is 6.21. The van der Waals surface area contributed by atoms with Crippen LogP contribution in [0.4, 0.5) is 0 Å². The van der Waals surface area contributed by atoms with Gasteiger partial charge < -0.3 is 14.5 Å². The second kappa shape index (κ2) is 7.86. The van der Waals surface area contributed by atoms with Crippen molar-refractivity contribution < 1.29 is 14.4 Å². The number of carbonyl (C=O) groups excluding carboxylic acids is 1. The Kier molecular flexibility index (Phi) is 5.33. The average Bonchev–Trinajstić information content (AvgIpc) is 3.35. The maximum atomic E-state index is 12.4. The number of ether oxygens (including phenoxy) is 1. The van der Waals surface area contributed by atoms with Gasteiger partial charge in [-0.05, 0) is 19.8 Å². The highest BCUT2D eigenvalue weighted by atomic mass is 32.1. The molecule has 6 heteroatoms. The first-order chi connectivity index (χ1) is 12.7. The van der Waals surface area contributed by atoms with Crippen LogP contribution in [0.5, 0.6) is 0 Å². The lowest BCUT2D eigenvalue weighted by Crippen LogP contribution is -3.13. The predicted octanol–water partition coefficient (Wildman–Crippen LogP) is 1.52. The summed E-state index contributed by atoms with van der Waals surface area (Å²) < 4.78 is 5.54. The van der Waals surface area contributed by atoms with Crippen molar-refractivity contribution in [2.24, 2.45) is 0 Å². The quantitative estimate of drug-likeness (QED) is 0.885. The summed E-state index contributed by atoms with van der Waals surface area (Å²) in [5.74, 6) is 0.192. The summed E-state index contributed by atoms with van der Waals surface area (Å²) in [5.41, 5.74) is 3.61. The van der Waals surface area contributed by atoms with Crippen LogP contribution in [-0.4, -0.2) is 54.7 Å². The molecule has 2 aromatic rings. The first-order valence-corrected chi connectivity index (χ1v) is 10.3. The highest BCUT2D eigenvalue weighted by molar-refractivity contribution is 7.13. The Morgan fingerprint density at radius 3 is 2.77 bits per heavy atom. The van der Waals surface area contributed by atoms with E-state index in [9.17, 15) is 4.79 Å². The maximum absolute atomic E-state index is 12.4. The maximum Gasteiger partial charge on any atom is 0.252 e. The van der Waals surface area contributed by atoms with Crippen LogP contribution < -0.4 is 4.90 Å². The van der Waals surface area contributed by atoms with E-state index >= 15 is 0 Å². The number of nitrogens with zero attached hydrogens (tertiary/aromatic N) is 2. The number of nitrogens with one attached hydrogen (secondary N) is 1. The number of carbonyl (C=O) groups is 1. The molecule has 0 spiro atoms. The van der Waals surface area contributed by atoms with Crippen molar-refractivity contribution in [2.75, 3.05) is 32.8 Å². The van der Waals surface area contributed by atoms with Gasteiger partial charge in [0.15, 0.2) is 0 Å². The summed E-state index contributed by atoms with van der Waals surface area (Å²) in [4.78, 5) is 20.7. The van der Waals surface area contributed by atoms with E-state index in [0.29, 0.717) is 0 Å². The Morgan fingerprint density at radius 2 is 2.08 bits per heavy atom. The summed E-state index contributed by atoms with van der Waals surface area (Å²) in [6.07, 6.45) is 1.70. The molecular formula is C20H26N3O2S+. The average molecular weight is 373 g/mol. The summed E-state index contributed by atoms with van der Waals surface area (Å²) >= 11 is 1.71. The molecule has 1 N–H and O–H groups in total. The molecule has 2 saturated heterocycles. The standard InChI is InChI=1S/C20H25N3O2S/c1-15-4-6-16(7-5-15)19-21-17(14-26-19)13-22-8-10-23(11-9-22)20(24)18-3-2-12-25-18/h4-7,14,18H,2-3,8-13H2,1H3/p+1/t18-/m1/s1. The molecule has 4 rings (SSSR count). The lowest BCUT2D eigenvalue weighted by molar-refractivity contribution is -0.917. The van der Waals surface area contributed by atoms with E-state index in [1.807, 2.05) is 4.90 Å². The van der Waals surface area contributed by atoms with Gasteiger partial charge in [-0.15, -0.1) is 11.3 Å².